The Morgan fingerprint density at radius 1 is 1.67 bits per heavy atom. The zero-order valence-corrected chi connectivity index (χ0v) is 6.49. The Morgan fingerprint density at radius 2 is 2.33 bits per heavy atom. The smallest absolute Gasteiger partial charge is 0.192 e. The van der Waals surface area contributed by atoms with Crippen molar-refractivity contribution in [3.63, 3.8) is 0 Å². The summed E-state index contributed by atoms with van der Waals surface area (Å²) in [5.74, 6) is 2.22. The number of hydrogen-bond donors (Lipinski definition) is 0. The van der Waals surface area contributed by atoms with Gasteiger partial charge in [-0.2, -0.15) is 0 Å². The van der Waals surface area contributed by atoms with Crippen LogP contribution in [-0.4, -0.2) is 10.9 Å². The van der Waals surface area contributed by atoms with Gasteiger partial charge in [-0.25, -0.2) is 0 Å². The van der Waals surface area contributed by atoms with Gasteiger partial charge in [0.2, 0.25) is 0 Å². The minimum absolute atomic E-state index is 0.363. The van der Waals surface area contributed by atoms with Crippen LogP contribution in [0.4, 0.5) is 0 Å². The van der Waals surface area contributed by atoms with Crippen molar-refractivity contribution in [2.75, 3.05) is 5.75 Å². The topological polar surface area (TPSA) is 17.1 Å². The second-order valence-corrected chi connectivity index (χ2v) is 4.56. The van der Waals surface area contributed by atoms with Crippen LogP contribution in [0.3, 0.4) is 0 Å². The Hall–Kier alpha value is 0.0200. The van der Waals surface area contributed by atoms with Crippen LogP contribution in [0.15, 0.2) is 0 Å². The van der Waals surface area contributed by atoms with Crippen LogP contribution < -0.4 is 0 Å². The van der Waals surface area contributed by atoms with Gasteiger partial charge in [0.1, 0.15) is 0 Å². The molecule has 0 N–H and O–H groups in total. The molecule has 1 aliphatic heterocycles. The van der Waals surface area contributed by atoms with Crippen molar-refractivity contribution in [2.24, 2.45) is 17.3 Å². The Bertz CT molecular complexity index is 174. The van der Waals surface area contributed by atoms with Gasteiger partial charge in [-0.1, -0.05) is 25.6 Å². The first-order valence-electron chi connectivity index (χ1n) is 3.30. The van der Waals surface area contributed by atoms with Gasteiger partial charge in [0.15, 0.2) is 5.12 Å². The van der Waals surface area contributed by atoms with E-state index in [1.807, 2.05) is 0 Å². The second kappa shape index (κ2) is 1.36. The first-order valence-corrected chi connectivity index (χ1v) is 4.29. The summed E-state index contributed by atoms with van der Waals surface area (Å²) in [4.78, 5) is 11.0. The molecule has 2 atom stereocenters. The van der Waals surface area contributed by atoms with E-state index >= 15 is 0 Å². The van der Waals surface area contributed by atoms with Crippen molar-refractivity contribution in [2.45, 2.75) is 13.8 Å². The predicted molar refractivity (Wildman–Crippen MR) is 38.2 cm³/mol. The van der Waals surface area contributed by atoms with E-state index in [0.29, 0.717) is 16.4 Å². The Labute approximate surface area is 59.2 Å². The van der Waals surface area contributed by atoms with Crippen LogP contribution >= 0.6 is 11.8 Å². The molecule has 1 heterocycles. The third-order valence-corrected chi connectivity index (χ3v) is 3.77. The maximum absolute atomic E-state index is 11.0. The fourth-order valence-electron chi connectivity index (χ4n) is 1.78. The van der Waals surface area contributed by atoms with Crippen molar-refractivity contribution < 1.29 is 4.79 Å². The molecule has 0 amide bonds. The maximum Gasteiger partial charge on any atom is 0.192 e. The van der Waals surface area contributed by atoms with Gasteiger partial charge < -0.3 is 0 Å². The second-order valence-electron chi connectivity index (χ2n) is 3.54. The molecule has 2 rings (SSSR count). The Morgan fingerprint density at radius 3 is 2.56 bits per heavy atom. The van der Waals surface area contributed by atoms with Gasteiger partial charge in [-0.3, -0.25) is 4.79 Å². The molecule has 1 aliphatic carbocycles. The third-order valence-electron chi connectivity index (χ3n) is 2.71. The molecule has 50 valence electrons. The minimum Gasteiger partial charge on any atom is -0.287 e. The molecule has 9 heavy (non-hydrogen) atoms. The summed E-state index contributed by atoms with van der Waals surface area (Å²) in [6.45, 7) is 4.39. The van der Waals surface area contributed by atoms with Crippen molar-refractivity contribution in [3.05, 3.63) is 0 Å². The van der Waals surface area contributed by atoms with Crippen LogP contribution in [0.25, 0.3) is 0 Å². The highest BCUT2D eigenvalue weighted by Crippen LogP contribution is 2.65. The first-order chi connectivity index (χ1) is 4.14. The van der Waals surface area contributed by atoms with Crippen LogP contribution in [0, 0.1) is 17.3 Å². The number of rotatable bonds is 0. The van der Waals surface area contributed by atoms with E-state index in [0.717, 1.165) is 11.7 Å². The number of fused-ring (bicyclic) bond motifs is 1. The zero-order valence-electron chi connectivity index (χ0n) is 5.68. The first kappa shape index (κ1) is 5.78. The van der Waals surface area contributed by atoms with Crippen molar-refractivity contribution in [1.82, 2.24) is 0 Å². The average molecular weight is 142 g/mol. The molecule has 1 saturated carbocycles. The van der Waals surface area contributed by atoms with E-state index in [1.165, 1.54) is 11.8 Å². The minimum atomic E-state index is 0.363. The highest BCUT2D eigenvalue weighted by molar-refractivity contribution is 8.14. The summed E-state index contributed by atoms with van der Waals surface area (Å²) in [6, 6.07) is 0. The fourth-order valence-corrected chi connectivity index (χ4v) is 3.40. The monoisotopic (exact) mass is 142 g/mol. The predicted octanol–water partition coefficient (Wildman–Crippen LogP) is 1.53. The number of carbonyl (C=O) groups excluding carboxylic acids is 1. The highest BCUT2D eigenvalue weighted by atomic mass is 32.2. The lowest BCUT2D eigenvalue weighted by Crippen LogP contribution is -2.02. The average Bonchev–Trinajstić information content (AvgIpc) is 2.19. The molecule has 1 nitrogen and oxygen atoms in total. The van der Waals surface area contributed by atoms with Crippen molar-refractivity contribution >= 4 is 16.9 Å². The zero-order chi connectivity index (χ0) is 6.65. The van der Waals surface area contributed by atoms with Crippen LogP contribution in [0.1, 0.15) is 13.8 Å². The largest absolute Gasteiger partial charge is 0.287 e. The SMILES string of the molecule is CC1(C)C2CSC(=O)C21. The van der Waals surface area contributed by atoms with E-state index in [1.54, 1.807) is 0 Å². The fraction of sp³-hybridized carbons (Fsp3) is 0.857. The van der Waals surface area contributed by atoms with Gasteiger partial charge in [-0.05, 0) is 11.3 Å². The van der Waals surface area contributed by atoms with E-state index in [9.17, 15) is 4.79 Å². The van der Waals surface area contributed by atoms with E-state index in [4.69, 9.17) is 0 Å². The highest BCUT2D eigenvalue weighted by Gasteiger charge is 2.64. The van der Waals surface area contributed by atoms with Crippen molar-refractivity contribution in [1.29, 1.82) is 0 Å². The van der Waals surface area contributed by atoms with E-state index in [-0.39, 0.29) is 0 Å². The lowest BCUT2D eigenvalue weighted by Gasteiger charge is -2.03. The molecule has 2 heteroatoms. The maximum atomic E-state index is 11.0. The molecule has 0 aromatic rings. The van der Waals surface area contributed by atoms with Gasteiger partial charge >= 0.3 is 0 Å². The molecule has 0 aromatic carbocycles. The molecule has 1 saturated heterocycles. The molecule has 2 aliphatic rings. The van der Waals surface area contributed by atoms with Gasteiger partial charge in [0.05, 0.1) is 0 Å². The summed E-state index contributed by atoms with van der Waals surface area (Å²) in [6.07, 6.45) is 0. The van der Waals surface area contributed by atoms with Gasteiger partial charge in [-0.15, -0.1) is 0 Å². The summed E-state index contributed by atoms with van der Waals surface area (Å²) in [5, 5.41) is 0.435. The van der Waals surface area contributed by atoms with E-state index < -0.39 is 0 Å². The molecule has 0 spiro atoms. The van der Waals surface area contributed by atoms with E-state index in [2.05, 4.69) is 13.8 Å². The molecule has 0 aromatic heterocycles. The van der Waals surface area contributed by atoms with Crippen LogP contribution in [-0.2, 0) is 4.79 Å². The summed E-state index contributed by atoms with van der Waals surface area (Å²) in [5.41, 5.74) is 0.363. The van der Waals surface area contributed by atoms with Crippen molar-refractivity contribution in [3.8, 4) is 0 Å². The summed E-state index contributed by atoms with van der Waals surface area (Å²) in [7, 11) is 0. The molecule has 2 unspecified atom stereocenters. The summed E-state index contributed by atoms with van der Waals surface area (Å²) < 4.78 is 0. The third kappa shape index (κ3) is 0.548. The lowest BCUT2D eigenvalue weighted by atomic mass is 10.1. The standard InChI is InChI=1S/C7H10OS/c1-7(2)4-3-9-6(8)5(4)7/h4-5H,3H2,1-2H3. The Kier molecular flexibility index (Phi) is 0.876. The van der Waals surface area contributed by atoms with Crippen LogP contribution in [0.5, 0.6) is 0 Å². The normalized spacial score (nSPS) is 44.9. The Balaban J connectivity index is 2.23. The quantitative estimate of drug-likeness (QED) is 0.510. The summed E-state index contributed by atoms with van der Waals surface area (Å²) >= 11 is 1.52. The number of carbonyl (C=O) groups is 1. The number of hydrogen-bond acceptors (Lipinski definition) is 2. The molecule has 0 radical (unpaired) electrons. The molecule has 0 bridgehead atoms. The molecular formula is C7H10OS. The van der Waals surface area contributed by atoms with Crippen LogP contribution in [0.2, 0.25) is 0 Å². The van der Waals surface area contributed by atoms with Gasteiger partial charge in [0.25, 0.3) is 0 Å². The lowest BCUT2D eigenvalue weighted by molar-refractivity contribution is -0.112. The number of thioether (sulfide) groups is 1. The van der Waals surface area contributed by atoms with Gasteiger partial charge in [0, 0.05) is 11.7 Å². The molecular weight excluding hydrogens is 132 g/mol. The molecule has 2 fully saturated rings.